The minimum absolute atomic E-state index is 0.0324. The van der Waals surface area contributed by atoms with Crippen molar-refractivity contribution in [2.24, 2.45) is 0 Å². The van der Waals surface area contributed by atoms with Crippen LogP contribution in [0.15, 0.2) is 12.1 Å². The maximum Gasteiger partial charge on any atom is 0.326 e. The van der Waals surface area contributed by atoms with Gasteiger partial charge in [-0.3, -0.25) is 14.5 Å². The predicted molar refractivity (Wildman–Crippen MR) is 67.1 cm³/mol. The van der Waals surface area contributed by atoms with Crippen LogP contribution >= 0.6 is 0 Å². The lowest BCUT2D eigenvalue weighted by molar-refractivity contribution is -0.140. The molecule has 1 aromatic carbocycles. The summed E-state index contributed by atoms with van der Waals surface area (Å²) in [6.07, 6.45) is 0. The summed E-state index contributed by atoms with van der Waals surface area (Å²) in [6, 6.07) is 1.67. The minimum atomic E-state index is -1.26. The second-order valence-electron chi connectivity index (χ2n) is 4.22. The van der Waals surface area contributed by atoms with Crippen LogP contribution in [0.1, 0.15) is 27.6 Å². The van der Waals surface area contributed by atoms with Crippen molar-refractivity contribution in [2.75, 3.05) is 14.2 Å². The molecule has 106 valence electrons. The first kappa shape index (κ1) is 13.9. The van der Waals surface area contributed by atoms with Gasteiger partial charge in [0.05, 0.1) is 25.3 Å². The summed E-state index contributed by atoms with van der Waals surface area (Å²) in [5.41, 5.74) is 0.144. The van der Waals surface area contributed by atoms with Crippen LogP contribution in [0, 0.1) is 0 Å². The Balaban J connectivity index is 2.60. The van der Waals surface area contributed by atoms with Gasteiger partial charge in [-0.2, -0.15) is 0 Å². The molecule has 0 unspecified atom stereocenters. The molecule has 0 spiro atoms. The van der Waals surface area contributed by atoms with E-state index in [2.05, 4.69) is 0 Å². The number of ether oxygens (including phenoxy) is 2. The third-order valence-corrected chi connectivity index (χ3v) is 3.17. The van der Waals surface area contributed by atoms with E-state index in [9.17, 15) is 14.4 Å². The number of nitrogens with zero attached hydrogens (tertiary/aromatic N) is 1. The molecule has 7 nitrogen and oxygen atoms in total. The zero-order chi connectivity index (χ0) is 15.0. The molecule has 0 saturated carbocycles. The molecule has 7 heteroatoms. The minimum Gasteiger partial charge on any atom is -0.493 e. The van der Waals surface area contributed by atoms with Crippen LogP contribution in [0.2, 0.25) is 0 Å². The van der Waals surface area contributed by atoms with Gasteiger partial charge in [0, 0.05) is 0 Å². The molecule has 0 fully saturated rings. The van der Waals surface area contributed by atoms with Gasteiger partial charge in [0.1, 0.15) is 6.04 Å². The molecule has 2 amide bonds. The van der Waals surface area contributed by atoms with Crippen molar-refractivity contribution in [1.82, 2.24) is 4.90 Å². The third kappa shape index (κ3) is 1.78. The van der Waals surface area contributed by atoms with Gasteiger partial charge in [-0.15, -0.1) is 0 Å². The molecule has 2 rings (SSSR count). The Morgan fingerprint density at radius 1 is 1.20 bits per heavy atom. The average Bonchev–Trinajstić information content (AvgIpc) is 2.68. The largest absolute Gasteiger partial charge is 0.493 e. The van der Waals surface area contributed by atoms with E-state index in [0.717, 1.165) is 0 Å². The monoisotopic (exact) mass is 279 g/mol. The van der Waals surface area contributed by atoms with Crippen molar-refractivity contribution in [2.45, 2.75) is 13.0 Å². The van der Waals surface area contributed by atoms with Crippen LogP contribution < -0.4 is 9.47 Å². The van der Waals surface area contributed by atoms with Gasteiger partial charge in [0.2, 0.25) is 0 Å². The number of benzene rings is 1. The van der Waals surface area contributed by atoms with E-state index in [1.807, 2.05) is 0 Å². The van der Waals surface area contributed by atoms with E-state index in [1.165, 1.54) is 33.3 Å². The number of hydrogen-bond donors (Lipinski definition) is 1. The molecular formula is C13H13NO6. The summed E-state index contributed by atoms with van der Waals surface area (Å²) in [4.78, 5) is 36.2. The highest BCUT2D eigenvalue weighted by Gasteiger charge is 2.43. The van der Waals surface area contributed by atoms with Gasteiger partial charge < -0.3 is 14.6 Å². The van der Waals surface area contributed by atoms with Crippen molar-refractivity contribution < 1.29 is 29.0 Å². The standard InChI is InChI=1S/C13H13NO6/c1-6(13(17)18)14-11(15)7-4-5-8(19-2)10(20-3)9(7)12(14)16/h4-6H,1-3H3,(H,17,18)/t6-/m0/s1. The number of hydrogen-bond acceptors (Lipinski definition) is 5. The van der Waals surface area contributed by atoms with Gasteiger partial charge in [-0.1, -0.05) is 0 Å². The fraction of sp³-hybridized carbons (Fsp3) is 0.308. The van der Waals surface area contributed by atoms with Crippen molar-refractivity contribution >= 4 is 17.8 Å². The number of aliphatic carboxylic acids is 1. The topological polar surface area (TPSA) is 93.1 Å². The highest BCUT2D eigenvalue weighted by atomic mass is 16.5. The van der Waals surface area contributed by atoms with Crippen LogP contribution in [0.25, 0.3) is 0 Å². The maximum absolute atomic E-state index is 12.3. The Hall–Kier alpha value is -2.57. The number of carboxylic acids is 1. The first-order valence-corrected chi connectivity index (χ1v) is 5.79. The number of methoxy groups -OCH3 is 2. The normalized spacial score (nSPS) is 15.1. The van der Waals surface area contributed by atoms with Gasteiger partial charge in [-0.05, 0) is 19.1 Å². The molecule has 0 aromatic heterocycles. The number of carboxylic acid groups (broad SMARTS) is 1. The molecule has 20 heavy (non-hydrogen) atoms. The molecule has 0 aliphatic carbocycles. The van der Waals surface area contributed by atoms with E-state index in [0.29, 0.717) is 10.6 Å². The number of amides is 2. The quantitative estimate of drug-likeness (QED) is 0.818. The van der Waals surface area contributed by atoms with Crippen LogP contribution in [0.3, 0.4) is 0 Å². The molecule has 0 saturated heterocycles. The zero-order valence-electron chi connectivity index (χ0n) is 11.2. The number of rotatable bonds is 4. The van der Waals surface area contributed by atoms with Crippen LogP contribution in [-0.2, 0) is 4.79 Å². The fourth-order valence-electron chi connectivity index (χ4n) is 2.12. The number of imide groups is 1. The van der Waals surface area contributed by atoms with Crippen molar-refractivity contribution in [3.63, 3.8) is 0 Å². The highest BCUT2D eigenvalue weighted by molar-refractivity contribution is 6.24. The summed E-state index contributed by atoms with van der Waals surface area (Å²) < 4.78 is 10.2. The van der Waals surface area contributed by atoms with Crippen molar-refractivity contribution in [3.05, 3.63) is 23.3 Å². The predicted octanol–water partition coefficient (Wildman–Crippen LogP) is 0.773. The SMILES string of the molecule is COc1ccc2c(c1OC)C(=O)N([C@@H](C)C(=O)O)C2=O. The summed E-state index contributed by atoms with van der Waals surface area (Å²) in [6.45, 7) is 1.27. The molecule has 1 heterocycles. The van der Waals surface area contributed by atoms with Crippen molar-refractivity contribution in [1.29, 1.82) is 0 Å². The Kier molecular flexibility index (Phi) is 3.35. The van der Waals surface area contributed by atoms with Crippen LogP contribution in [0.4, 0.5) is 0 Å². The van der Waals surface area contributed by atoms with E-state index in [4.69, 9.17) is 14.6 Å². The molecule has 1 N–H and O–H groups in total. The van der Waals surface area contributed by atoms with Gasteiger partial charge in [0.15, 0.2) is 11.5 Å². The first-order valence-electron chi connectivity index (χ1n) is 5.79. The van der Waals surface area contributed by atoms with E-state index >= 15 is 0 Å². The molecule has 1 atom stereocenters. The Morgan fingerprint density at radius 2 is 1.85 bits per heavy atom. The smallest absolute Gasteiger partial charge is 0.326 e. The van der Waals surface area contributed by atoms with E-state index in [-0.39, 0.29) is 16.9 Å². The second-order valence-corrected chi connectivity index (χ2v) is 4.22. The van der Waals surface area contributed by atoms with Gasteiger partial charge in [0.25, 0.3) is 11.8 Å². The molecule has 1 aliphatic heterocycles. The Bertz CT molecular complexity index is 609. The van der Waals surface area contributed by atoms with Gasteiger partial charge >= 0.3 is 5.97 Å². The lowest BCUT2D eigenvalue weighted by Crippen LogP contribution is -2.42. The van der Waals surface area contributed by atoms with Crippen LogP contribution in [0.5, 0.6) is 11.5 Å². The number of carbonyl (C=O) groups is 3. The average molecular weight is 279 g/mol. The lowest BCUT2D eigenvalue weighted by atomic mass is 10.1. The number of carbonyl (C=O) groups excluding carboxylic acids is 2. The summed E-state index contributed by atoms with van der Waals surface area (Å²) >= 11 is 0. The Labute approximate surface area is 114 Å². The molecule has 1 aliphatic rings. The Morgan fingerprint density at radius 3 is 2.35 bits per heavy atom. The van der Waals surface area contributed by atoms with E-state index < -0.39 is 23.8 Å². The third-order valence-electron chi connectivity index (χ3n) is 3.17. The summed E-state index contributed by atoms with van der Waals surface area (Å²) in [7, 11) is 2.75. The lowest BCUT2D eigenvalue weighted by Gasteiger charge is -2.18. The molecule has 0 bridgehead atoms. The molecule has 0 radical (unpaired) electrons. The van der Waals surface area contributed by atoms with Gasteiger partial charge in [-0.25, -0.2) is 4.79 Å². The highest BCUT2D eigenvalue weighted by Crippen LogP contribution is 2.38. The second kappa shape index (κ2) is 4.84. The molecule has 1 aromatic rings. The van der Waals surface area contributed by atoms with E-state index in [1.54, 1.807) is 0 Å². The fourth-order valence-corrected chi connectivity index (χ4v) is 2.12. The maximum atomic E-state index is 12.3. The van der Waals surface area contributed by atoms with Crippen molar-refractivity contribution in [3.8, 4) is 11.5 Å². The molecular weight excluding hydrogens is 266 g/mol. The first-order chi connectivity index (χ1) is 9.43. The zero-order valence-corrected chi connectivity index (χ0v) is 11.2. The van der Waals surface area contributed by atoms with Crippen LogP contribution in [-0.4, -0.2) is 48.1 Å². The summed E-state index contributed by atoms with van der Waals surface area (Å²) in [5, 5.41) is 8.98. The summed E-state index contributed by atoms with van der Waals surface area (Å²) in [5.74, 6) is -2.18. The number of fused-ring (bicyclic) bond motifs is 1.